The van der Waals surface area contributed by atoms with Crippen LogP contribution >= 0.6 is 23.2 Å². The van der Waals surface area contributed by atoms with E-state index in [1.54, 1.807) is 0 Å². The number of benzene rings is 2. The zero-order valence-electron chi connectivity index (χ0n) is 10.3. The first-order valence-electron chi connectivity index (χ1n) is 5.43. The van der Waals surface area contributed by atoms with Gasteiger partial charge in [0.05, 0.1) is 21.9 Å². The Morgan fingerprint density at radius 1 is 1.10 bits per heavy atom. The molecular weight excluding hydrogens is 323 g/mol. The van der Waals surface area contributed by atoms with Crippen molar-refractivity contribution in [3.8, 4) is 11.5 Å². The number of rotatable bonds is 3. The molecule has 0 atom stereocenters. The van der Waals surface area contributed by atoms with Crippen LogP contribution in [-0.4, -0.2) is 20.6 Å². The number of sulfone groups is 1. The Bertz CT molecular complexity index is 757. The van der Waals surface area contributed by atoms with Crippen molar-refractivity contribution in [3.05, 3.63) is 46.4 Å². The molecule has 0 fully saturated rings. The van der Waals surface area contributed by atoms with E-state index in [0.717, 1.165) is 0 Å². The van der Waals surface area contributed by atoms with Crippen molar-refractivity contribution in [2.45, 2.75) is 9.79 Å². The fourth-order valence-electron chi connectivity index (χ4n) is 1.65. The molecular formula is C13H10Cl2O4S. The first-order chi connectivity index (χ1) is 9.36. The highest BCUT2D eigenvalue weighted by molar-refractivity contribution is 7.91. The van der Waals surface area contributed by atoms with Gasteiger partial charge < -0.3 is 9.84 Å². The lowest BCUT2D eigenvalue weighted by molar-refractivity contribution is 0.372. The van der Waals surface area contributed by atoms with Crippen molar-refractivity contribution < 1.29 is 18.3 Å². The zero-order chi connectivity index (χ0) is 14.9. The molecule has 2 rings (SSSR count). The number of halogens is 2. The summed E-state index contributed by atoms with van der Waals surface area (Å²) in [5.74, 6) is -0.0789. The van der Waals surface area contributed by atoms with Crippen LogP contribution < -0.4 is 4.74 Å². The van der Waals surface area contributed by atoms with Gasteiger partial charge in [-0.25, -0.2) is 8.42 Å². The fourth-order valence-corrected chi connectivity index (χ4v) is 3.68. The maximum absolute atomic E-state index is 12.5. The van der Waals surface area contributed by atoms with Crippen molar-refractivity contribution in [1.82, 2.24) is 0 Å². The minimum absolute atomic E-state index is 0.0311. The summed E-state index contributed by atoms with van der Waals surface area (Å²) in [6.45, 7) is 0. The molecule has 20 heavy (non-hydrogen) atoms. The number of hydrogen-bond acceptors (Lipinski definition) is 4. The molecule has 0 amide bonds. The van der Waals surface area contributed by atoms with Crippen LogP contribution in [-0.2, 0) is 9.84 Å². The number of ether oxygens (including phenoxy) is 1. The minimum Gasteiger partial charge on any atom is -0.504 e. The van der Waals surface area contributed by atoms with Gasteiger partial charge in [0, 0.05) is 11.1 Å². The van der Waals surface area contributed by atoms with Crippen molar-refractivity contribution in [3.63, 3.8) is 0 Å². The van der Waals surface area contributed by atoms with Gasteiger partial charge in [-0.1, -0.05) is 23.2 Å². The Morgan fingerprint density at radius 3 is 2.40 bits per heavy atom. The Labute approximate surface area is 126 Å². The summed E-state index contributed by atoms with van der Waals surface area (Å²) in [7, 11) is -2.48. The minimum atomic E-state index is -3.82. The van der Waals surface area contributed by atoms with E-state index in [4.69, 9.17) is 27.9 Å². The highest BCUT2D eigenvalue weighted by Crippen LogP contribution is 2.34. The third-order valence-corrected chi connectivity index (χ3v) is 5.11. The van der Waals surface area contributed by atoms with E-state index >= 15 is 0 Å². The molecule has 0 saturated carbocycles. The van der Waals surface area contributed by atoms with Gasteiger partial charge in [0.15, 0.2) is 11.5 Å². The number of methoxy groups -OCH3 is 1. The van der Waals surface area contributed by atoms with Crippen LogP contribution in [0.15, 0.2) is 46.2 Å². The third kappa shape index (κ3) is 2.70. The second-order valence-corrected chi connectivity index (χ2v) is 6.67. The quantitative estimate of drug-likeness (QED) is 0.933. The highest BCUT2D eigenvalue weighted by Gasteiger charge is 2.22. The van der Waals surface area contributed by atoms with Crippen molar-refractivity contribution in [1.29, 1.82) is 0 Å². The average Bonchev–Trinajstić information content (AvgIpc) is 2.38. The molecule has 2 aromatic rings. The molecule has 0 aliphatic heterocycles. The lowest BCUT2D eigenvalue weighted by Gasteiger charge is -2.09. The third-order valence-electron chi connectivity index (χ3n) is 2.64. The molecule has 4 nitrogen and oxygen atoms in total. The zero-order valence-corrected chi connectivity index (χ0v) is 12.6. The summed E-state index contributed by atoms with van der Waals surface area (Å²) in [4.78, 5) is -0.0901. The average molecular weight is 333 g/mol. The molecule has 0 spiro atoms. The Hall–Kier alpha value is -1.43. The smallest absolute Gasteiger partial charge is 0.208 e. The van der Waals surface area contributed by atoms with E-state index in [2.05, 4.69) is 0 Å². The van der Waals surface area contributed by atoms with Crippen molar-refractivity contribution in [2.75, 3.05) is 7.11 Å². The van der Waals surface area contributed by atoms with Gasteiger partial charge in [-0.3, -0.25) is 0 Å². The molecule has 0 heterocycles. The lowest BCUT2D eigenvalue weighted by Crippen LogP contribution is -2.03. The maximum atomic E-state index is 12.5. The summed E-state index contributed by atoms with van der Waals surface area (Å²) in [5, 5.41) is 9.88. The number of hydrogen-bond donors (Lipinski definition) is 1. The first kappa shape index (κ1) is 15.0. The number of aromatic hydroxyl groups is 1. The predicted molar refractivity (Wildman–Crippen MR) is 76.6 cm³/mol. The maximum Gasteiger partial charge on any atom is 0.208 e. The summed E-state index contributed by atoms with van der Waals surface area (Å²) < 4.78 is 29.9. The van der Waals surface area contributed by atoms with E-state index in [-0.39, 0.29) is 26.3 Å². The topological polar surface area (TPSA) is 63.6 Å². The normalized spacial score (nSPS) is 11.3. The molecule has 0 saturated heterocycles. The lowest BCUT2D eigenvalue weighted by atomic mass is 10.3. The van der Waals surface area contributed by atoms with Crippen LogP contribution in [0.25, 0.3) is 0 Å². The summed E-state index contributed by atoms with van der Waals surface area (Å²) in [6, 6.07) is 7.88. The summed E-state index contributed by atoms with van der Waals surface area (Å²) >= 11 is 11.7. The molecule has 1 N–H and O–H groups in total. The molecule has 0 radical (unpaired) electrons. The number of phenols is 1. The summed E-state index contributed by atoms with van der Waals surface area (Å²) in [6.07, 6.45) is 0. The molecule has 0 unspecified atom stereocenters. The standard InChI is InChI=1S/C13H10Cl2O4S/c1-19-12-7-9(3-4-11(12)16)20(17,18)13-5-2-8(14)6-10(13)15/h2-7,16H,1H3. The van der Waals surface area contributed by atoms with Crippen molar-refractivity contribution in [2.24, 2.45) is 0 Å². The van der Waals surface area contributed by atoms with Gasteiger partial charge in [-0.2, -0.15) is 0 Å². The molecule has 2 aromatic carbocycles. The molecule has 0 aliphatic rings. The van der Waals surface area contributed by atoms with Gasteiger partial charge in [0.1, 0.15) is 0 Å². The van der Waals surface area contributed by atoms with E-state index in [9.17, 15) is 13.5 Å². The van der Waals surface area contributed by atoms with E-state index < -0.39 is 9.84 Å². The van der Waals surface area contributed by atoms with Gasteiger partial charge in [-0.15, -0.1) is 0 Å². The SMILES string of the molecule is COc1cc(S(=O)(=O)c2ccc(Cl)cc2Cl)ccc1O. The van der Waals surface area contributed by atoms with Crippen LogP contribution in [0.5, 0.6) is 11.5 Å². The molecule has 0 aliphatic carbocycles. The second kappa shape index (κ2) is 5.52. The van der Waals surface area contributed by atoms with Gasteiger partial charge in [0.2, 0.25) is 9.84 Å². The largest absolute Gasteiger partial charge is 0.504 e. The fraction of sp³-hybridized carbons (Fsp3) is 0.0769. The molecule has 106 valence electrons. The summed E-state index contributed by atoms with van der Waals surface area (Å²) in [5.41, 5.74) is 0. The van der Waals surface area contributed by atoms with Gasteiger partial charge in [-0.05, 0) is 30.3 Å². The van der Waals surface area contributed by atoms with E-state index in [0.29, 0.717) is 5.02 Å². The monoisotopic (exact) mass is 332 g/mol. The Morgan fingerprint density at radius 2 is 1.80 bits per heavy atom. The molecule has 7 heteroatoms. The first-order valence-corrected chi connectivity index (χ1v) is 7.67. The van der Waals surface area contributed by atoms with Gasteiger partial charge >= 0.3 is 0 Å². The highest BCUT2D eigenvalue weighted by atomic mass is 35.5. The van der Waals surface area contributed by atoms with Crippen LogP contribution in [0.1, 0.15) is 0 Å². The second-order valence-electron chi connectivity index (χ2n) is 3.91. The van der Waals surface area contributed by atoms with E-state index in [1.807, 2.05) is 0 Å². The van der Waals surface area contributed by atoms with Crippen LogP contribution in [0, 0.1) is 0 Å². The Kier molecular flexibility index (Phi) is 4.13. The van der Waals surface area contributed by atoms with E-state index in [1.165, 1.54) is 43.5 Å². The van der Waals surface area contributed by atoms with Crippen molar-refractivity contribution >= 4 is 33.0 Å². The molecule has 0 aromatic heterocycles. The predicted octanol–water partition coefficient (Wildman–Crippen LogP) is 3.54. The van der Waals surface area contributed by atoms with Crippen LogP contribution in [0.2, 0.25) is 10.0 Å². The Balaban J connectivity index is 2.60. The van der Waals surface area contributed by atoms with Crippen LogP contribution in [0.4, 0.5) is 0 Å². The van der Waals surface area contributed by atoms with Crippen LogP contribution in [0.3, 0.4) is 0 Å². The van der Waals surface area contributed by atoms with Gasteiger partial charge in [0.25, 0.3) is 0 Å². The number of phenolic OH excluding ortho intramolecular Hbond substituents is 1. The molecule has 0 bridgehead atoms.